The van der Waals surface area contributed by atoms with Crippen LogP contribution < -0.4 is 14.4 Å². The van der Waals surface area contributed by atoms with Crippen molar-refractivity contribution in [3.05, 3.63) is 88.9 Å². The van der Waals surface area contributed by atoms with Gasteiger partial charge in [0.15, 0.2) is 5.12 Å². The van der Waals surface area contributed by atoms with Gasteiger partial charge >= 0.3 is 0 Å². The quantitative estimate of drug-likeness (QED) is 0.253. The van der Waals surface area contributed by atoms with Crippen molar-refractivity contribution in [2.24, 2.45) is 0 Å². The largest absolute Gasteiger partial charge is 0.497 e. The molecule has 174 valence electrons. The normalized spacial score (nSPS) is 10.8. The van der Waals surface area contributed by atoms with E-state index >= 15 is 0 Å². The zero-order chi connectivity index (χ0) is 24.1. The maximum Gasteiger partial charge on any atom is 0.190 e. The fourth-order valence-corrected chi connectivity index (χ4v) is 4.59. The van der Waals surface area contributed by atoms with E-state index in [1.807, 2.05) is 72.8 Å². The van der Waals surface area contributed by atoms with Gasteiger partial charge < -0.3 is 14.4 Å². The SMILES string of the molecule is COc1ccc(CN(Cc2ccc(OC)cc2)c2nc3cc(SC(C)=O)ccc3cc2Cl)cc1. The molecule has 0 aliphatic rings. The van der Waals surface area contributed by atoms with Gasteiger partial charge in [0.25, 0.3) is 0 Å². The van der Waals surface area contributed by atoms with Crippen LogP contribution in [-0.4, -0.2) is 24.3 Å². The number of aromatic nitrogens is 1. The van der Waals surface area contributed by atoms with E-state index in [0.717, 1.165) is 38.4 Å². The smallest absolute Gasteiger partial charge is 0.190 e. The lowest BCUT2D eigenvalue weighted by Gasteiger charge is -2.26. The van der Waals surface area contributed by atoms with E-state index in [0.29, 0.717) is 23.9 Å². The van der Waals surface area contributed by atoms with Gasteiger partial charge in [-0.1, -0.05) is 53.7 Å². The molecular formula is C27H25ClN2O3S. The van der Waals surface area contributed by atoms with Crippen LogP contribution in [0.15, 0.2) is 77.7 Å². The second-order valence-electron chi connectivity index (χ2n) is 7.79. The van der Waals surface area contributed by atoms with E-state index in [1.165, 1.54) is 11.8 Å². The fraction of sp³-hybridized carbons (Fsp3) is 0.185. The topological polar surface area (TPSA) is 51.7 Å². The summed E-state index contributed by atoms with van der Waals surface area (Å²) >= 11 is 7.94. The Hall–Kier alpha value is -3.22. The first-order valence-corrected chi connectivity index (χ1v) is 11.9. The number of fused-ring (bicyclic) bond motifs is 1. The summed E-state index contributed by atoms with van der Waals surface area (Å²) in [6, 6.07) is 23.7. The first-order valence-electron chi connectivity index (χ1n) is 10.7. The maximum absolute atomic E-state index is 11.6. The molecule has 4 aromatic rings. The number of pyridine rings is 1. The number of carbonyl (C=O) groups excluding carboxylic acids is 1. The zero-order valence-electron chi connectivity index (χ0n) is 19.2. The number of nitrogens with zero attached hydrogens (tertiary/aromatic N) is 2. The Morgan fingerprint density at radius 2 is 1.44 bits per heavy atom. The number of ether oxygens (including phenoxy) is 2. The Labute approximate surface area is 208 Å². The van der Waals surface area contributed by atoms with Gasteiger partial charge in [-0.25, -0.2) is 4.98 Å². The minimum atomic E-state index is 0.0363. The summed E-state index contributed by atoms with van der Waals surface area (Å²) in [5.74, 6) is 2.30. The highest BCUT2D eigenvalue weighted by Crippen LogP contribution is 2.32. The molecule has 34 heavy (non-hydrogen) atoms. The van der Waals surface area contributed by atoms with Crippen molar-refractivity contribution >= 4 is 45.2 Å². The number of hydrogen-bond acceptors (Lipinski definition) is 6. The van der Waals surface area contributed by atoms with Gasteiger partial charge in [-0.05, 0) is 53.6 Å². The number of methoxy groups -OCH3 is 2. The summed E-state index contributed by atoms with van der Waals surface area (Å²) in [6.07, 6.45) is 0. The predicted octanol–water partition coefficient (Wildman–Crippen LogP) is 6.75. The van der Waals surface area contributed by atoms with Gasteiger partial charge in [-0.3, -0.25) is 4.79 Å². The molecule has 0 saturated heterocycles. The number of rotatable bonds is 8. The number of carbonyl (C=O) groups is 1. The van der Waals surface area contributed by atoms with Crippen molar-refractivity contribution in [3.63, 3.8) is 0 Å². The van der Waals surface area contributed by atoms with Crippen molar-refractivity contribution < 1.29 is 14.3 Å². The number of anilines is 1. The van der Waals surface area contributed by atoms with Gasteiger partial charge in [0.05, 0.1) is 24.8 Å². The molecule has 1 aromatic heterocycles. The fourth-order valence-electron chi connectivity index (χ4n) is 3.67. The number of benzene rings is 3. The Kier molecular flexibility index (Phi) is 7.60. The molecule has 0 bridgehead atoms. The molecule has 7 heteroatoms. The van der Waals surface area contributed by atoms with E-state index in [9.17, 15) is 4.79 Å². The Morgan fingerprint density at radius 1 is 0.882 bits per heavy atom. The van der Waals surface area contributed by atoms with Crippen LogP contribution in [0.3, 0.4) is 0 Å². The minimum Gasteiger partial charge on any atom is -0.497 e. The van der Waals surface area contributed by atoms with Gasteiger partial charge in [0.2, 0.25) is 0 Å². The van der Waals surface area contributed by atoms with Crippen LogP contribution in [0, 0.1) is 0 Å². The van der Waals surface area contributed by atoms with Crippen molar-refractivity contribution in [2.45, 2.75) is 24.9 Å². The highest BCUT2D eigenvalue weighted by molar-refractivity contribution is 8.13. The molecule has 0 saturated carbocycles. The molecule has 4 rings (SSSR count). The highest BCUT2D eigenvalue weighted by Gasteiger charge is 2.16. The summed E-state index contributed by atoms with van der Waals surface area (Å²) < 4.78 is 10.6. The number of thioether (sulfide) groups is 1. The summed E-state index contributed by atoms with van der Waals surface area (Å²) in [6.45, 7) is 2.77. The van der Waals surface area contributed by atoms with Crippen molar-refractivity contribution in [1.29, 1.82) is 0 Å². The monoisotopic (exact) mass is 492 g/mol. The zero-order valence-corrected chi connectivity index (χ0v) is 20.8. The predicted molar refractivity (Wildman–Crippen MR) is 139 cm³/mol. The summed E-state index contributed by atoms with van der Waals surface area (Å²) in [5, 5.41) is 1.53. The van der Waals surface area contributed by atoms with Crippen LogP contribution in [0.2, 0.25) is 5.02 Å². The van der Waals surface area contributed by atoms with E-state index < -0.39 is 0 Å². The molecule has 1 heterocycles. The second kappa shape index (κ2) is 10.8. The number of hydrogen-bond donors (Lipinski definition) is 0. The van der Waals surface area contributed by atoms with Gasteiger partial charge in [0, 0.05) is 30.3 Å². The van der Waals surface area contributed by atoms with Gasteiger partial charge in [-0.2, -0.15) is 0 Å². The third kappa shape index (κ3) is 5.82. The molecule has 0 N–H and O–H groups in total. The standard InChI is InChI=1S/C27H25ClN2O3S/c1-18(31)34-24-13-8-21-14-25(28)27(29-26(21)15-24)30(16-19-4-9-22(32-2)10-5-19)17-20-6-11-23(33-3)12-7-20/h4-15H,16-17H2,1-3H3. The maximum atomic E-state index is 11.6. The highest BCUT2D eigenvalue weighted by atomic mass is 35.5. The first-order chi connectivity index (χ1) is 16.4. The summed E-state index contributed by atoms with van der Waals surface area (Å²) in [5.41, 5.74) is 3.00. The molecule has 0 spiro atoms. The molecule has 0 unspecified atom stereocenters. The third-order valence-electron chi connectivity index (χ3n) is 5.35. The molecule has 0 radical (unpaired) electrons. The van der Waals surface area contributed by atoms with Crippen LogP contribution in [0.1, 0.15) is 18.1 Å². The van der Waals surface area contributed by atoms with Crippen LogP contribution in [-0.2, 0) is 17.9 Å². The first kappa shape index (κ1) is 23.9. The van der Waals surface area contributed by atoms with Crippen LogP contribution in [0.25, 0.3) is 10.9 Å². The Balaban J connectivity index is 1.73. The third-order valence-corrected chi connectivity index (χ3v) is 6.41. The van der Waals surface area contributed by atoms with E-state index in [4.69, 9.17) is 26.1 Å². The molecule has 0 aliphatic carbocycles. The molecular weight excluding hydrogens is 468 g/mol. The van der Waals surface area contributed by atoms with E-state index in [1.54, 1.807) is 21.1 Å². The van der Waals surface area contributed by atoms with Crippen molar-refractivity contribution in [3.8, 4) is 11.5 Å². The summed E-state index contributed by atoms with van der Waals surface area (Å²) in [7, 11) is 3.31. The minimum absolute atomic E-state index is 0.0363. The lowest BCUT2D eigenvalue weighted by atomic mass is 10.1. The lowest BCUT2D eigenvalue weighted by molar-refractivity contribution is -0.109. The van der Waals surface area contributed by atoms with Crippen LogP contribution in [0.5, 0.6) is 11.5 Å². The molecule has 0 atom stereocenters. The summed E-state index contributed by atoms with van der Waals surface area (Å²) in [4.78, 5) is 19.5. The van der Waals surface area contributed by atoms with Crippen molar-refractivity contribution in [1.82, 2.24) is 4.98 Å². The van der Waals surface area contributed by atoms with Crippen molar-refractivity contribution in [2.75, 3.05) is 19.1 Å². The molecule has 3 aromatic carbocycles. The lowest BCUT2D eigenvalue weighted by Crippen LogP contribution is -2.23. The van der Waals surface area contributed by atoms with E-state index in [-0.39, 0.29) is 5.12 Å². The molecule has 0 amide bonds. The average Bonchev–Trinajstić information content (AvgIpc) is 2.84. The van der Waals surface area contributed by atoms with E-state index in [2.05, 4.69) is 4.90 Å². The van der Waals surface area contributed by atoms with Crippen LogP contribution in [0.4, 0.5) is 5.82 Å². The molecule has 0 aliphatic heterocycles. The average molecular weight is 493 g/mol. The molecule has 5 nitrogen and oxygen atoms in total. The van der Waals surface area contributed by atoms with Crippen LogP contribution >= 0.6 is 23.4 Å². The Bertz CT molecular complexity index is 1240. The van der Waals surface area contributed by atoms with Gasteiger partial charge in [0.1, 0.15) is 17.3 Å². The number of halogens is 1. The second-order valence-corrected chi connectivity index (χ2v) is 9.45. The van der Waals surface area contributed by atoms with Gasteiger partial charge in [-0.15, -0.1) is 0 Å². The Morgan fingerprint density at radius 3 is 1.94 bits per heavy atom. The molecule has 0 fully saturated rings.